The van der Waals surface area contributed by atoms with E-state index in [1.165, 1.54) is 22.7 Å². The van der Waals surface area contributed by atoms with E-state index in [0.29, 0.717) is 31.0 Å². The number of carbonyl (C=O) groups excluding carboxylic acids is 2. The van der Waals surface area contributed by atoms with Crippen LogP contribution < -0.4 is 5.32 Å². The Morgan fingerprint density at radius 2 is 2.03 bits per heavy atom. The van der Waals surface area contributed by atoms with Crippen molar-refractivity contribution in [3.8, 4) is 10.6 Å². The lowest BCUT2D eigenvalue weighted by Gasteiger charge is -2.26. The molecule has 1 aromatic carbocycles. The number of para-hydroxylation sites is 1. The van der Waals surface area contributed by atoms with E-state index in [9.17, 15) is 9.59 Å². The van der Waals surface area contributed by atoms with Crippen molar-refractivity contribution in [3.63, 3.8) is 0 Å². The predicted molar refractivity (Wildman–Crippen MR) is 134 cm³/mol. The molecule has 164 valence electrons. The van der Waals surface area contributed by atoms with E-state index in [2.05, 4.69) is 27.3 Å². The third kappa shape index (κ3) is 4.07. The Bertz CT molecular complexity index is 1290. The average molecular weight is 549 g/mol. The molecule has 3 aromatic heterocycles. The minimum Gasteiger partial charge on any atom is -0.450 e. The van der Waals surface area contributed by atoms with Crippen molar-refractivity contribution in [3.05, 3.63) is 55.5 Å². The molecule has 5 rings (SSSR count). The number of hydrogen-bond donors (Lipinski definition) is 1. The van der Waals surface area contributed by atoms with Crippen LogP contribution in [0.5, 0.6) is 0 Å². The van der Waals surface area contributed by atoms with E-state index < -0.39 is 0 Å². The molecule has 0 fully saturated rings. The monoisotopic (exact) mass is 547 g/mol. The van der Waals surface area contributed by atoms with Crippen LogP contribution in [0.2, 0.25) is 0 Å². The third-order valence-electron chi connectivity index (χ3n) is 5.11. The minimum absolute atomic E-state index is 0.149. The molecule has 32 heavy (non-hydrogen) atoms. The number of halogens is 1. The van der Waals surface area contributed by atoms with Crippen LogP contribution in [0.1, 0.15) is 27.0 Å². The van der Waals surface area contributed by atoms with Crippen LogP contribution in [0.15, 0.2) is 40.2 Å². The number of benzene rings is 1. The largest absolute Gasteiger partial charge is 0.450 e. The number of ether oxygens (including phenoxy) is 1. The smallest absolute Gasteiger partial charge is 0.410 e. The summed E-state index contributed by atoms with van der Waals surface area (Å²) in [6.07, 6.45) is 0.387. The van der Waals surface area contributed by atoms with Gasteiger partial charge in [0.25, 0.3) is 5.91 Å². The molecular formula is C22H18BrN3O3S3. The number of nitrogens with zero attached hydrogens (tertiary/aromatic N) is 2. The number of thiophene rings is 2. The topological polar surface area (TPSA) is 71.5 Å². The Hall–Kier alpha value is -2.27. The zero-order valence-corrected chi connectivity index (χ0v) is 21.0. The first-order valence-electron chi connectivity index (χ1n) is 10.0. The van der Waals surface area contributed by atoms with Crippen molar-refractivity contribution in [1.82, 2.24) is 9.88 Å². The van der Waals surface area contributed by atoms with E-state index in [1.54, 1.807) is 29.2 Å². The van der Waals surface area contributed by atoms with Gasteiger partial charge < -0.3 is 15.0 Å². The lowest BCUT2D eigenvalue weighted by Crippen LogP contribution is -2.35. The second-order valence-corrected chi connectivity index (χ2v) is 11.7. The highest BCUT2D eigenvalue weighted by Gasteiger charge is 2.30. The Kier molecular flexibility index (Phi) is 6.02. The van der Waals surface area contributed by atoms with Crippen LogP contribution in [-0.4, -0.2) is 35.0 Å². The number of hydrogen-bond acceptors (Lipinski definition) is 7. The molecule has 1 aliphatic heterocycles. The molecule has 1 aliphatic rings. The van der Waals surface area contributed by atoms with Crippen LogP contribution in [0.3, 0.4) is 0 Å². The van der Waals surface area contributed by atoms with Crippen LogP contribution in [0.25, 0.3) is 20.8 Å². The molecule has 1 N–H and O–H groups in total. The van der Waals surface area contributed by atoms with Crippen molar-refractivity contribution in [2.75, 3.05) is 18.5 Å². The molecule has 0 saturated heterocycles. The molecular weight excluding hydrogens is 530 g/mol. The van der Waals surface area contributed by atoms with Gasteiger partial charge in [-0.2, -0.15) is 0 Å². The van der Waals surface area contributed by atoms with Crippen molar-refractivity contribution in [2.45, 2.75) is 19.9 Å². The molecule has 0 radical (unpaired) electrons. The van der Waals surface area contributed by atoms with E-state index in [1.807, 2.05) is 24.3 Å². The highest BCUT2D eigenvalue weighted by molar-refractivity contribution is 9.11. The molecule has 0 saturated carbocycles. The summed E-state index contributed by atoms with van der Waals surface area (Å²) in [4.78, 5) is 33.5. The van der Waals surface area contributed by atoms with Gasteiger partial charge in [-0.1, -0.05) is 12.1 Å². The Morgan fingerprint density at radius 3 is 2.78 bits per heavy atom. The maximum Gasteiger partial charge on any atom is 0.410 e. The maximum atomic E-state index is 12.9. The molecule has 0 atom stereocenters. The third-order valence-corrected chi connectivity index (χ3v) is 8.92. The molecule has 0 spiro atoms. The number of anilines is 1. The molecule has 6 nitrogen and oxygen atoms in total. The fraction of sp³-hybridized carbons (Fsp3) is 0.227. The van der Waals surface area contributed by atoms with Gasteiger partial charge in [-0.3, -0.25) is 4.79 Å². The van der Waals surface area contributed by atoms with Crippen molar-refractivity contribution < 1.29 is 14.3 Å². The van der Waals surface area contributed by atoms with Gasteiger partial charge in [0.05, 0.1) is 32.0 Å². The second-order valence-electron chi connectivity index (χ2n) is 7.12. The fourth-order valence-electron chi connectivity index (χ4n) is 3.67. The first kappa shape index (κ1) is 21.6. The highest BCUT2D eigenvalue weighted by atomic mass is 79.9. The molecule has 2 amide bonds. The van der Waals surface area contributed by atoms with E-state index >= 15 is 0 Å². The molecule has 10 heteroatoms. The first-order valence-corrected chi connectivity index (χ1v) is 13.3. The zero-order chi connectivity index (χ0) is 22.2. The fourth-order valence-corrected chi connectivity index (χ4v) is 7.32. The van der Waals surface area contributed by atoms with Crippen molar-refractivity contribution in [2.24, 2.45) is 0 Å². The number of aromatic nitrogens is 1. The van der Waals surface area contributed by atoms with Gasteiger partial charge in [0, 0.05) is 17.0 Å². The lowest BCUT2D eigenvalue weighted by molar-refractivity contribution is 0.102. The average Bonchev–Trinajstić information content (AvgIpc) is 3.48. The lowest BCUT2D eigenvalue weighted by atomic mass is 10.0. The minimum atomic E-state index is -0.304. The molecule has 0 bridgehead atoms. The Morgan fingerprint density at radius 1 is 1.19 bits per heavy atom. The summed E-state index contributed by atoms with van der Waals surface area (Å²) >= 11 is 7.94. The zero-order valence-electron chi connectivity index (χ0n) is 17.0. The normalized spacial score (nSPS) is 13.2. The Balaban J connectivity index is 1.55. The van der Waals surface area contributed by atoms with Gasteiger partial charge >= 0.3 is 6.09 Å². The number of nitrogens with one attached hydrogen (secondary N) is 1. The van der Waals surface area contributed by atoms with Gasteiger partial charge in [-0.25, -0.2) is 9.78 Å². The number of carbonyl (C=O) groups is 2. The summed E-state index contributed by atoms with van der Waals surface area (Å²) in [5.74, 6) is -0.149. The van der Waals surface area contributed by atoms with Crippen molar-refractivity contribution >= 4 is 77.2 Å². The number of thiazole rings is 1. The molecule has 4 heterocycles. The second kappa shape index (κ2) is 8.93. The number of rotatable bonds is 4. The van der Waals surface area contributed by atoms with Gasteiger partial charge in [-0.05, 0) is 59.1 Å². The van der Waals surface area contributed by atoms with Gasteiger partial charge in [-0.15, -0.1) is 34.0 Å². The number of fused-ring (bicyclic) bond motifs is 2. The van der Waals surface area contributed by atoms with Crippen LogP contribution in [0, 0.1) is 0 Å². The van der Waals surface area contributed by atoms with Crippen molar-refractivity contribution in [1.29, 1.82) is 0 Å². The predicted octanol–water partition coefficient (Wildman–Crippen LogP) is 6.62. The summed E-state index contributed by atoms with van der Waals surface area (Å²) in [5, 5.41) is 4.77. The van der Waals surface area contributed by atoms with Gasteiger partial charge in [0.2, 0.25) is 0 Å². The highest BCUT2D eigenvalue weighted by Crippen LogP contribution is 2.46. The first-order chi connectivity index (χ1) is 15.5. The van der Waals surface area contributed by atoms with Crippen LogP contribution >= 0.6 is 49.9 Å². The summed E-state index contributed by atoms with van der Waals surface area (Å²) in [5.41, 5.74) is 3.06. The summed E-state index contributed by atoms with van der Waals surface area (Å²) in [7, 11) is 0. The Labute approximate surface area is 205 Å². The quantitative estimate of drug-likeness (QED) is 0.311. The molecule has 0 unspecified atom stereocenters. The van der Waals surface area contributed by atoms with Crippen LogP contribution in [0.4, 0.5) is 9.80 Å². The number of amides is 2. The van der Waals surface area contributed by atoms with Gasteiger partial charge in [0.15, 0.2) is 0 Å². The van der Waals surface area contributed by atoms with E-state index in [4.69, 9.17) is 9.72 Å². The molecule has 0 aliphatic carbocycles. The van der Waals surface area contributed by atoms with E-state index in [-0.39, 0.29) is 12.0 Å². The standard InChI is InChI=1S/C22H18BrN3O3S3/c1-2-29-22(28)26-10-9-12-16(11-26)32-21(25-19(27)15-7-8-17(23)30-15)18(12)20-24-13-5-3-4-6-14(13)31-20/h3-8H,2,9-11H2,1H3,(H,25,27). The van der Waals surface area contributed by atoms with Crippen LogP contribution in [-0.2, 0) is 17.7 Å². The summed E-state index contributed by atoms with van der Waals surface area (Å²) in [6.45, 7) is 3.20. The van der Waals surface area contributed by atoms with E-state index in [0.717, 1.165) is 40.0 Å². The van der Waals surface area contributed by atoms with Gasteiger partial charge in [0.1, 0.15) is 10.0 Å². The SMILES string of the molecule is CCOC(=O)N1CCc2c(sc(NC(=O)c3ccc(Br)s3)c2-c2nc3ccccc3s2)C1. The molecule has 4 aromatic rings. The summed E-state index contributed by atoms with van der Waals surface area (Å²) < 4.78 is 7.20. The summed E-state index contributed by atoms with van der Waals surface area (Å²) in [6, 6.07) is 11.7. The maximum absolute atomic E-state index is 12.9.